The molecular weight excluding hydrogens is 244 g/mol. The molecule has 0 bridgehead atoms. The Balaban J connectivity index is 1.82. The molecule has 2 heteroatoms. The molecule has 0 spiro atoms. The number of nitrogens with one attached hydrogen (secondary N) is 1. The van der Waals surface area contributed by atoms with Gasteiger partial charge in [0.15, 0.2) is 0 Å². The largest absolute Gasteiger partial charge is 0.311 e. The van der Waals surface area contributed by atoms with E-state index in [4.69, 9.17) is 0 Å². The van der Waals surface area contributed by atoms with Crippen LogP contribution < -0.4 is 5.32 Å². The van der Waals surface area contributed by atoms with Crippen LogP contribution in [0.15, 0.2) is 30.3 Å². The highest BCUT2D eigenvalue weighted by atomic mass is 15.3. The fourth-order valence-electron chi connectivity index (χ4n) is 3.14. The van der Waals surface area contributed by atoms with Gasteiger partial charge in [0.05, 0.1) is 0 Å². The zero-order valence-electron chi connectivity index (χ0n) is 13.4. The maximum absolute atomic E-state index is 3.71. The number of hydrogen-bond donors (Lipinski definition) is 1. The minimum atomic E-state index is 0.293. The SMILES string of the molecule is CCCC1CN(CCCc2ccccc2)C(C)(C)CN1. The Morgan fingerprint density at radius 3 is 2.70 bits per heavy atom. The van der Waals surface area contributed by atoms with E-state index in [0.29, 0.717) is 11.6 Å². The minimum absolute atomic E-state index is 0.293. The molecule has 112 valence electrons. The monoisotopic (exact) mass is 274 g/mol. The summed E-state index contributed by atoms with van der Waals surface area (Å²) in [6.07, 6.45) is 5.02. The Labute approximate surface area is 124 Å². The van der Waals surface area contributed by atoms with Gasteiger partial charge in [0, 0.05) is 24.7 Å². The number of rotatable bonds is 6. The highest BCUT2D eigenvalue weighted by molar-refractivity contribution is 5.14. The van der Waals surface area contributed by atoms with Crippen molar-refractivity contribution in [3.05, 3.63) is 35.9 Å². The van der Waals surface area contributed by atoms with Gasteiger partial charge in [-0.2, -0.15) is 0 Å². The third-order valence-electron chi connectivity index (χ3n) is 4.49. The quantitative estimate of drug-likeness (QED) is 0.854. The van der Waals surface area contributed by atoms with E-state index in [0.717, 1.165) is 6.54 Å². The van der Waals surface area contributed by atoms with Crippen LogP contribution in [0.5, 0.6) is 0 Å². The lowest BCUT2D eigenvalue weighted by molar-refractivity contribution is 0.0628. The molecule has 2 nitrogen and oxygen atoms in total. The molecule has 1 N–H and O–H groups in total. The number of hydrogen-bond acceptors (Lipinski definition) is 2. The lowest BCUT2D eigenvalue weighted by Gasteiger charge is -2.46. The van der Waals surface area contributed by atoms with Crippen molar-refractivity contribution in [2.45, 2.75) is 58.0 Å². The number of piperazine rings is 1. The number of benzene rings is 1. The Kier molecular flexibility index (Phi) is 5.62. The molecule has 1 heterocycles. The average molecular weight is 274 g/mol. The molecule has 0 saturated carbocycles. The summed E-state index contributed by atoms with van der Waals surface area (Å²) in [7, 11) is 0. The fourth-order valence-corrected chi connectivity index (χ4v) is 3.14. The van der Waals surface area contributed by atoms with Gasteiger partial charge in [0.1, 0.15) is 0 Å². The summed E-state index contributed by atoms with van der Waals surface area (Å²) in [5, 5.41) is 3.71. The third-order valence-corrected chi connectivity index (χ3v) is 4.49. The molecule has 1 aliphatic heterocycles. The number of nitrogens with zero attached hydrogens (tertiary/aromatic N) is 1. The molecule has 0 amide bonds. The minimum Gasteiger partial charge on any atom is -0.311 e. The summed E-state index contributed by atoms with van der Waals surface area (Å²) in [5.74, 6) is 0. The zero-order valence-corrected chi connectivity index (χ0v) is 13.4. The highest BCUT2D eigenvalue weighted by Gasteiger charge is 2.32. The van der Waals surface area contributed by atoms with E-state index < -0.39 is 0 Å². The maximum atomic E-state index is 3.71. The molecule has 1 saturated heterocycles. The van der Waals surface area contributed by atoms with Crippen LogP contribution in [0.2, 0.25) is 0 Å². The summed E-state index contributed by atoms with van der Waals surface area (Å²) in [4.78, 5) is 2.69. The van der Waals surface area contributed by atoms with E-state index in [9.17, 15) is 0 Å². The Morgan fingerprint density at radius 1 is 1.25 bits per heavy atom. The van der Waals surface area contributed by atoms with E-state index in [1.807, 2.05) is 0 Å². The Bertz CT molecular complexity index is 386. The predicted molar refractivity (Wildman–Crippen MR) is 87.1 cm³/mol. The molecule has 0 radical (unpaired) electrons. The van der Waals surface area contributed by atoms with Gasteiger partial charge in [-0.15, -0.1) is 0 Å². The van der Waals surface area contributed by atoms with E-state index >= 15 is 0 Å². The first-order valence-electron chi connectivity index (χ1n) is 8.14. The summed E-state index contributed by atoms with van der Waals surface area (Å²) < 4.78 is 0. The van der Waals surface area contributed by atoms with Crippen LogP contribution in [0.25, 0.3) is 0 Å². The first kappa shape index (κ1) is 15.5. The van der Waals surface area contributed by atoms with Gasteiger partial charge < -0.3 is 5.32 Å². The number of aryl methyl sites for hydroxylation is 1. The molecule has 1 atom stereocenters. The van der Waals surface area contributed by atoms with Crippen LogP contribution in [-0.2, 0) is 6.42 Å². The van der Waals surface area contributed by atoms with Crippen LogP contribution in [0, 0.1) is 0 Å². The molecule has 1 fully saturated rings. The van der Waals surface area contributed by atoms with Crippen LogP contribution in [-0.4, -0.2) is 36.1 Å². The van der Waals surface area contributed by atoms with E-state index in [-0.39, 0.29) is 0 Å². The molecule has 2 rings (SSSR count). The highest BCUT2D eigenvalue weighted by Crippen LogP contribution is 2.20. The van der Waals surface area contributed by atoms with Crippen molar-refractivity contribution >= 4 is 0 Å². The second-order valence-corrected chi connectivity index (χ2v) is 6.71. The first-order valence-corrected chi connectivity index (χ1v) is 8.14. The van der Waals surface area contributed by atoms with E-state index in [1.54, 1.807) is 0 Å². The zero-order chi connectivity index (χ0) is 14.4. The van der Waals surface area contributed by atoms with E-state index in [1.165, 1.54) is 44.3 Å². The van der Waals surface area contributed by atoms with Crippen molar-refractivity contribution in [1.29, 1.82) is 0 Å². The molecule has 0 aromatic heterocycles. The van der Waals surface area contributed by atoms with Gasteiger partial charge in [0.2, 0.25) is 0 Å². The molecule has 0 aliphatic carbocycles. The van der Waals surface area contributed by atoms with Gasteiger partial charge in [-0.05, 0) is 45.2 Å². The maximum Gasteiger partial charge on any atom is 0.0278 e. The second kappa shape index (κ2) is 7.24. The summed E-state index contributed by atoms with van der Waals surface area (Å²) in [6, 6.07) is 11.5. The Morgan fingerprint density at radius 2 is 2.00 bits per heavy atom. The summed E-state index contributed by atoms with van der Waals surface area (Å²) in [5.41, 5.74) is 1.76. The van der Waals surface area contributed by atoms with Crippen molar-refractivity contribution in [3.63, 3.8) is 0 Å². The van der Waals surface area contributed by atoms with Crippen molar-refractivity contribution in [2.24, 2.45) is 0 Å². The predicted octanol–water partition coefficient (Wildman–Crippen LogP) is 3.47. The van der Waals surface area contributed by atoms with Gasteiger partial charge in [-0.3, -0.25) is 4.90 Å². The molecule has 1 aromatic rings. The molecular formula is C18H30N2. The molecule has 20 heavy (non-hydrogen) atoms. The van der Waals surface area contributed by atoms with Crippen LogP contribution >= 0.6 is 0 Å². The Hall–Kier alpha value is -0.860. The van der Waals surface area contributed by atoms with Crippen LogP contribution in [0.3, 0.4) is 0 Å². The third kappa shape index (κ3) is 4.32. The van der Waals surface area contributed by atoms with Crippen LogP contribution in [0.1, 0.15) is 45.6 Å². The average Bonchev–Trinajstić information content (AvgIpc) is 2.44. The van der Waals surface area contributed by atoms with Crippen molar-refractivity contribution < 1.29 is 0 Å². The fraction of sp³-hybridized carbons (Fsp3) is 0.667. The van der Waals surface area contributed by atoms with Crippen molar-refractivity contribution in [2.75, 3.05) is 19.6 Å². The van der Waals surface area contributed by atoms with Crippen molar-refractivity contribution in [1.82, 2.24) is 10.2 Å². The standard InChI is InChI=1S/C18H30N2/c1-4-9-17-14-20(18(2,3)15-19-17)13-8-12-16-10-6-5-7-11-16/h5-7,10-11,17,19H,4,8-9,12-15H2,1-3H3. The summed E-state index contributed by atoms with van der Waals surface area (Å²) in [6.45, 7) is 10.5. The second-order valence-electron chi connectivity index (χ2n) is 6.71. The lowest BCUT2D eigenvalue weighted by Crippen LogP contribution is -2.62. The smallest absolute Gasteiger partial charge is 0.0278 e. The topological polar surface area (TPSA) is 15.3 Å². The van der Waals surface area contributed by atoms with Gasteiger partial charge in [-0.1, -0.05) is 43.7 Å². The lowest BCUT2D eigenvalue weighted by atomic mass is 9.95. The molecule has 1 aliphatic rings. The molecule has 1 aromatic carbocycles. The normalized spacial score (nSPS) is 22.9. The van der Waals surface area contributed by atoms with Gasteiger partial charge in [-0.25, -0.2) is 0 Å². The van der Waals surface area contributed by atoms with Gasteiger partial charge in [0.25, 0.3) is 0 Å². The van der Waals surface area contributed by atoms with Crippen LogP contribution in [0.4, 0.5) is 0 Å². The van der Waals surface area contributed by atoms with E-state index in [2.05, 4.69) is 61.3 Å². The van der Waals surface area contributed by atoms with Gasteiger partial charge >= 0.3 is 0 Å². The van der Waals surface area contributed by atoms with Crippen molar-refractivity contribution in [3.8, 4) is 0 Å². The molecule has 1 unspecified atom stereocenters. The summed E-state index contributed by atoms with van der Waals surface area (Å²) >= 11 is 0. The first-order chi connectivity index (χ1) is 9.62.